The van der Waals surface area contributed by atoms with E-state index in [1.807, 2.05) is 0 Å². The van der Waals surface area contributed by atoms with Crippen LogP contribution in [-0.4, -0.2) is 16.3 Å². The Hall–Kier alpha value is -1.47. The zero-order chi connectivity index (χ0) is 17.4. The summed E-state index contributed by atoms with van der Waals surface area (Å²) in [6, 6.07) is 9.56. The Kier molecular flexibility index (Phi) is 4.92. The largest absolute Gasteiger partial charge is 0.505 e. The van der Waals surface area contributed by atoms with Crippen molar-refractivity contribution < 1.29 is 14.7 Å². The molecule has 0 saturated carbocycles. The number of anilines is 1. The van der Waals surface area contributed by atoms with Crippen molar-refractivity contribution in [3.05, 3.63) is 61.4 Å². The van der Waals surface area contributed by atoms with Gasteiger partial charge in [-0.25, -0.2) is 4.90 Å². The van der Waals surface area contributed by atoms with Crippen molar-refractivity contribution in [2.24, 2.45) is 0 Å². The van der Waals surface area contributed by atoms with Crippen LogP contribution in [0.15, 0.2) is 45.8 Å². The molecular formula is C16H8BrCl2NO3S. The molecule has 0 aromatic heterocycles. The van der Waals surface area contributed by atoms with Crippen LogP contribution in [0.25, 0.3) is 6.08 Å². The van der Waals surface area contributed by atoms with Gasteiger partial charge >= 0.3 is 0 Å². The number of halogens is 3. The Morgan fingerprint density at radius 3 is 2.42 bits per heavy atom. The van der Waals surface area contributed by atoms with E-state index in [1.54, 1.807) is 36.4 Å². The van der Waals surface area contributed by atoms with Crippen molar-refractivity contribution in [1.29, 1.82) is 0 Å². The van der Waals surface area contributed by atoms with E-state index in [-0.39, 0.29) is 15.7 Å². The molecule has 1 fully saturated rings. The molecule has 3 rings (SSSR count). The van der Waals surface area contributed by atoms with Gasteiger partial charge in [-0.2, -0.15) is 0 Å². The van der Waals surface area contributed by atoms with Crippen molar-refractivity contribution in [3.63, 3.8) is 0 Å². The second-order valence-corrected chi connectivity index (χ2v) is 7.52. The highest BCUT2D eigenvalue weighted by molar-refractivity contribution is 9.10. The minimum atomic E-state index is -0.423. The average Bonchev–Trinajstić information content (AvgIpc) is 2.80. The first-order chi connectivity index (χ1) is 11.4. The first-order valence-corrected chi connectivity index (χ1v) is 8.95. The highest BCUT2D eigenvalue weighted by Crippen LogP contribution is 2.38. The Morgan fingerprint density at radius 1 is 1.12 bits per heavy atom. The Labute approximate surface area is 160 Å². The fourth-order valence-electron chi connectivity index (χ4n) is 2.10. The predicted molar refractivity (Wildman–Crippen MR) is 101 cm³/mol. The summed E-state index contributed by atoms with van der Waals surface area (Å²) < 4.78 is 0.401. The van der Waals surface area contributed by atoms with Crippen LogP contribution in [0, 0.1) is 0 Å². The molecule has 2 aromatic carbocycles. The summed E-state index contributed by atoms with van der Waals surface area (Å²) in [7, 11) is 0. The summed E-state index contributed by atoms with van der Waals surface area (Å²) in [5.74, 6) is -0.504. The van der Waals surface area contributed by atoms with E-state index in [0.717, 1.165) is 16.7 Å². The zero-order valence-electron chi connectivity index (χ0n) is 11.8. The van der Waals surface area contributed by atoms with E-state index >= 15 is 0 Å². The molecule has 0 unspecified atom stereocenters. The number of thioether (sulfide) groups is 1. The molecule has 0 atom stereocenters. The summed E-state index contributed by atoms with van der Waals surface area (Å²) in [5, 5.41) is 9.93. The van der Waals surface area contributed by atoms with Gasteiger partial charge < -0.3 is 5.11 Å². The third-order valence-electron chi connectivity index (χ3n) is 3.22. The van der Waals surface area contributed by atoms with E-state index in [1.165, 1.54) is 6.07 Å². The van der Waals surface area contributed by atoms with Gasteiger partial charge in [0.15, 0.2) is 0 Å². The number of phenols is 1. The standard InChI is InChI=1S/C16H8BrCl2NO3S/c17-11-5-8(6-12(19)14(11)21)7-13-15(22)20(16(23)24-13)10-3-1-9(18)2-4-10/h1-7,21H/b13-7+. The maximum Gasteiger partial charge on any atom is 0.298 e. The molecule has 2 aromatic rings. The number of phenolic OH excluding ortho intramolecular Hbond substituents is 1. The third kappa shape index (κ3) is 3.32. The average molecular weight is 445 g/mol. The topological polar surface area (TPSA) is 57.6 Å². The lowest BCUT2D eigenvalue weighted by Crippen LogP contribution is -2.27. The summed E-state index contributed by atoms with van der Waals surface area (Å²) in [6.45, 7) is 0. The van der Waals surface area contributed by atoms with Crippen molar-refractivity contribution in [1.82, 2.24) is 0 Å². The lowest BCUT2D eigenvalue weighted by atomic mass is 10.2. The minimum Gasteiger partial charge on any atom is -0.505 e. The van der Waals surface area contributed by atoms with E-state index in [4.69, 9.17) is 23.2 Å². The van der Waals surface area contributed by atoms with Crippen LogP contribution in [0.3, 0.4) is 0 Å². The summed E-state index contributed by atoms with van der Waals surface area (Å²) in [4.78, 5) is 26.1. The molecule has 0 bridgehead atoms. The van der Waals surface area contributed by atoms with Gasteiger partial charge in [-0.3, -0.25) is 9.59 Å². The van der Waals surface area contributed by atoms with Crippen molar-refractivity contribution >= 4 is 73.8 Å². The van der Waals surface area contributed by atoms with Crippen LogP contribution in [0.5, 0.6) is 5.75 Å². The molecule has 1 N–H and O–H groups in total. The summed E-state index contributed by atoms with van der Waals surface area (Å²) in [6.07, 6.45) is 1.55. The highest BCUT2D eigenvalue weighted by Gasteiger charge is 2.36. The number of carbonyl (C=O) groups is 2. The first kappa shape index (κ1) is 17.4. The van der Waals surface area contributed by atoms with Gasteiger partial charge in [0.2, 0.25) is 0 Å². The zero-order valence-corrected chi connectivity index (χ0v) is 15.7. The van der Waals surface area contributed by atoms with Crippen LogP contribution in [-0.2, 0) is 4.79 Å². The monoisotopic (exact) mass is 443 g/mol. The smallest absolute Gasteiger partial charge is 0.298 e. The van der Waals surface area contributed by atoms with Crippen LogP contribution in [0.1, 0.15) is 5.56 Å². The van der Waals surface area contributed by atoms with Crippen molar-refractivity contribution in [2.45, 2.75) is 0 Å². The molecule has 122 valence electrons. The Balaban J connectivity index is 1.95. The summed E-state index contributed by atoms with van der Waals surface area (Å²) in [5.41, 5.74) is 1.04. The molecule has 24 heavy (non-hydrogen) atoms. The number of hydrogen-bond acceptors (Lipinski definition) is 4. The molecule has 1 heterocycles. The van der Waals surface area contributed by atoms with E-state index in [0.29, 0.717) is 20.7 Å². The highest BCUT2D eigenvalue weighted by atomic mass is 79.9. The molecule has 1 aliphatic rings. The molecule has 4 nitrogen and oxygen atoms in total. The number of hydrogen-bond donors (Lipinski definition) is 1. The second-order valence-electron chi connectivity index (χ2n) is 4.83. The number of nitrogens with zero attached hydrogens (tertiary/aromatic N) is 1. The fourth-order valence-corrected chi connectivity index (χ4v) is 3.89. The number of benzene rings is 2. The maximum atomic E-state index is 12.5. The number of rotatable bonds is 2. The van der Waals surface area contributed by atoms with Gasteiger partial charge in [0.25, 0.3) is 11.1 Å². The predicted octanol–water partition coefficient (Wildman–Crippen LogP) is 5.70. The van der Waals surface area contributed by atoms with Gasteiger partial charge in [0.05, 0.1) is 20.1 Å². The van der Waals surface area contributed by atoms with Gasteiger partial charge in [0.1, 0.15) is 5.75 Å². The van der Waals surface area contributed by atoms with Crippen LogP contribution < -0.4 is 4.90 Å². The fraction of sp³-hybridized carbons (Fsp3) is 0. The number of imide groups is 1. The van der Waals surface area contributed by atoms with E-state index < -0.39 is 11.1 Å². The molecule has 8 heteroatoms. The van der Waals surface area contributed by atoms with Crippen LogP contribution >= 0.6 is 50.9 Å². The Morgan fingerprint density at radius 2 is 1.79 bits per heavy atom. The van der Waals surface area contributed by atoms with Crippen molar-refractivity contribution in [2.75, 3.05) is 4.90 Å². The van der Waals surface area contributed by atoms with Crippen LogP contribution in [0.4, 0.5) is 10.5 Å². The van der Waals surface area contributed by atoms with Gasteiger partial charge in [-0.05, 0) is 75.7 Å². The molecule has 0 aliphatic carbocycles. The van der Waals surface area contributed by atoms with E-state index in [9.17, 15) is 14.7 Å². The molecule has 0 spiro atoms. The normalized spacial score (nSPS) is 16.3. The van der Waals surface area contributed by atoms with Crippen molar-refractivity contribution in [3.8, 4) is 5.75 Å². The van der Waals surface area contributed by atoms with Gasteiger partial charge in [-0.15, -0.1) is 0 Å². The van der Waals surface area contributed by atoms with Gasteiger partial charge in [-0.1, -0.05) is 23.2 Å². The first-order valence-electron chi connectivity index (χ1n) is 6.58. The SMILES string of the molecule is O=C1S/C(=C/c2cc(Cl)c(O)c(Br)c2)C(=O)N1c1ccc(Cl)cc1. The van der Waals surface area contributed by atoms with Crippen LogP contribution in [0.2, 0.25) is 10.0 Å². The molecule has 0 radical (unpaired) electrons. The minimum absolute atomic E-state index is 0.0805. The lowest BCUT2D eigenvalue weighted by Gasteiger charge is -2.12. The molecule has 1 saturated heterocycles. The Bertz CT molecular complexity index is 860. The number of amides is 2. The van der Waals surface area contributed by atoms with Gasteiger partial charge in [0, 0.05) is 5.02 Å². The lowest BCUT2D eigenvalue weighted by molar-refractivity contribution is -0.113. The number of aromatic hydroxyl groups is 1. The number of carbonyl (C=O) groups excluding carboxylic acids is 2. The molecule has 1 aliphatic heterocycles. The van der Waals surface area contributed by atoms with E-state index in [2.05, 4.69) is 15.9 Å². The molecular weight excluding hydrogens is 437 g/mol. The maximum absolute atomic E-state index is 12.5. The third-order valence-corrected chi connectivity index (χ3v) is 5.23. The molecule has 2 amide bonds. The summed E-state index contributed by atoms with van der Waals surface area (Å²) >= 11 is 15.8. The second kappa shape index (κ2) is 6.80. The quantitative estimate of drug-likeness (QED) is 0.603.